The summed E-state index contributed by atoms with van der Waals surface area (Å²) in [4.78, 5) is 29.2. The number of rotatable bonds is 9. The van der Waals surface area contributed by atoms with Crippen LogP contribution >= 0.6 is 0 Å². The van der Waals surface area contributed by atoms with E-state index in [2.05, 4.69) is 6.58 Å². The number of ketones is 1. The van der Waals surface area contributed by atoms with Gasteiger partial charge in [0.2, 0.25) is 0 Å². The van der Waals surface area contributed by atoms with Crippen molar-refractivity contribution >= 4 is 17.4 Å². The number of nitrogens with one attached hydrogen (secondary N) is 1. The van der Waals surface area contributed by atoms with Crippen LogP contribution < -0.4 is 14.4 Å². The van der Waals surface area contributed by atoms with Crippen LogP contribution in [0.25, 0.3) is 5.76 Å². The van der Waals surface area contributed by atoms with Crippen molar-refractivity contribution in [3.8, 4) is 11.5 Å². The molecule has 2 aliphatic heterocycles. The number of hydrogen-bond acceptors (Lipinski definition) is 5. The number of aliphatic hydroxyl groups is 1. The van der Waals surface area contributed by atoms with E-state index in [4.69, 9.17) is 9.47 Å². The Kier molecular flexibility index (Phi) is 7.26. The monoisotopic (exact) mass is 477 g/mol. The third-order valence-electron chi connectivity index (χ3n) is 6.35. The quantitative estimate of drug-likeness (QED) is 0.251. The van der Waals surface area contributed by atoms with E-state index < -0.39 is 17.7 Å². The summed E-state index contributed by atoms with van der Waals surface area (Å²) < 4.78 is 11.4. The van der Waals surface area contributed by atoms with Gasteiger partial charge in [0.15, 0.2) is 0 Å². The van der Waals surface area contributed by atoms with E-state index in [1.807, 2.05) is 45.3 Å². The Hall–Kier alpha value is -3.58. The summed E-state index contributed by atoms with van der Waals surface area (Å²) in [5, 5.41) is 11.3. The van der Waals surface area contributed by atoms with Crippen molar-refractivity contribution in [1.29, 1.82) is 0 Å². The number of hydrogen-bond donors (Lipinski definition) is 2. The molecule has 0 saturated carbocycles. The fourth-order valence-electron chi connectivity index (χ4n) is 4.69. The topological polar surface area (TPSA) is 80.5 Å². The predicted octanol–water partition coefficient (Wildman–Crippen LogP) is 2.53. The molecule has 0 bridgehead atoms. The Morgan fingerprint density at radius 3 is 2.66 bits per heavy atom. The SMILES string of the molecule is C=CCOc1ccc([C@@H]2C(=C(O)c3ccc4c(c3)C[C@@H](C)O4)C(=O)C(=O)N2CCC[NH+](C)C)cc1. The van der Waals surface area contributed by atoms with Gasteiger partial charge in [-0.15, -0.1) is 0 Å². The summed E-state index contributed by atoms with van der Waals surface area (Å²) in [6, 6.07) is 12.0. The van der Waals surface area contributed by atoms with Crippen LogP contribution in [0.3, 0.4) is 0 Å². The molecule has 4 rings (SSSR count). The van der Waals surface area contributed by atoms with E-state index in [1.165, 1.54) is 4.90 Å². The minimum atomic E-state index is -0.677. The second kappa shape index (κ2) is 10.4. The van der Waals surface area contributed by atoms with Gasteiger partial charge < -0.3 is 24.4 Å². The lowest BCUT2D eigenvalue weighted by atomic mass is 9.94. The molecule has 1 amide bonds. The molecule has 0 radical (unpaired) electrons. The summed E-state index contributed by atoms with van der Waals surface area (Å²) >= 11 is 0. The van der Waals surface area contributed by atoms with E-state index in [9.17, 15) is 14.7 Å². The number of likely N-dealkylation sites (tertiary alicyclic amines) is 1. The van der Waals surface area contributed by atoms with Crippen molar-refractivity contribution in [2.75, 3.05) is 33.8 Å². The smallest absolute Gasteiger partial charge is 0.295 e. The molecule has 2 N–H and O–H groups in total. The Labute approximate surface area is 206 Å². The van der Waals surface area contributed by atoms with Gasteiger partial charge in [0, 0.05) is 24.9 Å². The normalized spacial score (nSPS) is 20.7. The highest BCUT2D eigenvalue weighted by atomic mass is 16.5. The maximum Gasteiger partial charge on any atom is 0.295 e. The summed E-state index contributed by atoms with van der Waals surface area (Å²) in [6.45, 7) is 7.30. The highest BCUT2D eigenvalue weighted by molar-refractivity contribution is 6.46. The first-order chi connectivity index (χ1) is 16.8. The molecule has 2 aromatic carbocycles. The van der Waals surface area contributed by atoms with Crippen LogP contribution in [0.1, 0.15) is 36.1 Å². The fraction of sp³-hybridized carbons (Fsp3) is 0.357. The molecular weight excluding hydrogens is 444 g/mol. The number of carbonyl (C=O) groups excluding carboxylic acids is 2. The van der Waals surface area contributed by atoms with E-state index in [1.54, 1.807) is 29.2 Å². The lowest BCUT2D eigenvalue weighted by Gasteiger charge is -2.25. The largest absolute Gasteiger partial charge is 0.507 e. The van der Waals surface area contributed by atoms with Crippen LogP contribution in [0, 0.1) is 0 Å². The number of amides is 1. The van der Waals surface area contributed by atoms with E-state index in [0.717, 1.165) is 36.3 Å². The van der Waals surface area contributed by atoms with Crippen molar-refractivity contribution in [2.24, 2.45) is 0 Å². The number of Topliss-reactive ketones (excluding diaryl/α,β-unsaturated/α-hetero) is 1. The van der Waals surface area contributed by atoms with Crippen molar-refractivity contribution in [2.45, 2.75) is 31.9 Å². The van der Waals surface area contributed by atoms with Crippen molar-refractivity contribution in [1.82, 2.24) is 4.90 Å². The molecule has 2 heterocycles. The Bertz CT molecular complexity index is 1150. The Morgan fingerprint density at radius 2 is 1.97 bits per heavy atom. The van der Waals surface area contributed by atoms with Crippen LogP contribution in [0.5, 0.6) is 11.5 Å². The number of fused-ring (bicyclic) bond motifs is 1. The fourth-order valence-corrected chi connectivity index (χ4v) is 4.69. The van der Waals surface area contributed by atoms with Gasteiger partial charge >= 0.3 is 0 Å². The zero-order chi connectivity index (χ0) is 25.1. The highest BCUT2D eigenvalue weighted by Crippen LogP contribution is 2.41. The lowest BCUT2D eigenvalue weighted by Crippen LogP contribution is -3.05. The lowest BCUT2D eigenvalue weighted by molar-refractivity contribution is -0.858. The standard InChI is InChI=1S/C28H32N2O5/c1-5-15-34-22-10-7-19(8-11-22)25-24(27(32)28(33)30(25)14-6-13-29(3)4)26(31)20-9-12-23-21(17-20)16-18(2)35-23/h5,7-12,17-18,25,31H,1,6,13-16H2,2-4H3/p+1/t18-,25-/m1/s1. The molecule has 0 unspecified atom stereocenters. The molecule has 2 aromatic rings. The van der Waals surface area contributed by atoms with Gasteiger partial charge in [-0.25, -0.2) is 0 Å². The first kappa shape index (κ1) is 24.5. The van der Waals surface area contributed by atoms with Gasteiger partial charge in [-0.1, -0.05) is 24.8 Å². The minimum absolute atomic E-state index is 0.0635. The number of quaternary nitrogens is 1. The van der Waals surface area contributed by atoms with E-state index in [0.29, 0.717) is 24.5 Å². The van der Waals surface area contributed by atoms with Crippen LogP contribution in [-0.2, 0) is 16.0 Å². The van der Waals surface area contributed by atoms with Gasteiger partial charge in [-0.2, -0.15) is 0 Å². The molecule has 7 nitrogen and oxygen atoms in total. The third kappa shape index (κ3) is 5.10. The number of nitrogens with zero attached hydrogens (tertiary/aromatic N) is 1. The molecule has 184 valence electrons. The number of aliphatic hydroxyl groups excluding tert-OH is 1. The van der Waals surface area contributed by atoms with Crippen LogP contribution in [-0.4, -0.2) is 61.6 Å². The number of benzene rings is 2. The van der Waals surface area contributed by atoms with E-state index in [-0.39, 0.29) is 17.4 Å². The molecule has 35 heavy (non-hydrogen) atoms. The zero-order valence-corrected chi connectivity index (χ0v) is 20.5. The predicted molar refractivity (Wildman–Crippen MR) is 134 cm³/mol. The van der Waals surface area contributed by atoms with Gasteiger partial charge in [-0.3, -0.25) is 9.59 Å². The number of carbonyl (C=O) groups is 2. The molecule has 0 spiro atoms. The Balaban J connectivity index is 1.74. The van der Waals surface area contributed by atoms with Crippen LogP contribution in [0.2, 0.25) is 0 Å². The average molecular weight is 478 g/mol. The summed E-state index contributed by atoms with van der Waals surface area (Å²) in [7, 11) is 4.10. The third-order valence-corrected chi connectivity index (χ3v) is 6.35. The van der Waals surface area contributed by atoms with Gasteiger partial charge in [0.25, 0.3) is 11.7 Å². The molecule has 2 atom stereocenters. The van der Waals surface area contributed by atoms with E-state index >= 15 is 0 Å². The van der Waals surface area contributed by atoms with Crippen LogP contribution in [0.15, 0.2) is 60.7 Å². The van der Waals surface area contributed by atoms with Crippen molar-refractivity contribution < 1.29 is 29.1 Å². The summed E-state index contributed by atoms with van der Waals surface area (Å²) in [6.07, 6.45) is 3.19. The van der Waals surface area contributed by atoms with Gasteiger partial charge in [-0.05, 0) is 48.4 Å². The molecular formula is C28H33N2O5+. The molecule has 0 aromatic heterocycles. The minimum Gasteiger partial charge on any atom is -0.507 e. The molecule has 1 fully saturated rings. The van der Waals surface area contributed by atoms with Gasteiger partial charge in [0.1, 0.15) is 30.0 Å². The first-order valence-electron chi connectivity index (χ1n) is 12.0. The second-order valence-electron chi connectivity index (χ2n) is 9.43. The number of ether oxygens (including phenoxy) is 2. The average Bonchev–Trinajstić information content (AvgIpc) is 3.33. The summed E-state index contributed by atoms with van der Waals surface area (Å²) in [5.41, 5.74) is 2.34. The molecule has 2 aliphatic rings. The molecule has 1 saturated heterocycles. The van der Waals surface area contributed by atoms with Crippen molar-refractivity contribution in [3.05, 3.63) is 77.4 Å². The Morgan fingerprint density at radius 1 is 1.23 bits per heavy atom. The van der Waals surface area contributed by atoms with Crippen molar-refractivity contribution in [3.63, 3.8) is 0 Å². The second-order valence-corrected chi connectivity index (χ2v) is 9.43. The zero-order valence-electron chi connectivity index (χ0n) is 20.5. The van der Waals surface area contributed by atoms with Crippen LogP contribution in [0.4, 0.5) is 0 Å². The van der Waals surface area contributed by atoms with Gasteiger partial charge in [0.05, 0.1) is 32.3 Å². The maximum absolute atomic E-state index is 13.2. The molecule has 7 heteroatoms. The molecule has 0 aliphatic carbocycles. The highest BCUT2D eigenvalue weighted by Gasteiger charge is 2.46. The summed E-state index contributed by atoms with van der Waals surface area (Å²) in [5.74, 6) is 0.0301. The first-order valence-corrected chi connectivity index (χ1v) is 12.0. The maximum atomic E-state index is 13.2.